The molecule has 0 bridgehead atoms. The van der Waals surface area contributed by atoms with Crippen LogP contribution in [0.5, 0.6) is 0 Å². The Kier molecular flexibility index (Phi) is 14.5. The number of unbranched alkanes of at least 4 members (excludes halogenated alkanes) is 9. The van der Waals surface area contributed by atoms with Crippen LogP contribution in [0.4, 0.5) is 0 Å². The number of carbonyl (C=O) groups is 2. The molecule has 21 heavy (non-hydrogen) atoms. The molecule has 0 atom stereocenters. The molecule has 5 heteroatoms. The molecular formula is C16H30O5. The van der Waals surface area contributed by atoms with E-state index in [4.69, 9.17) is 9.99 Å². The number of rotatable bonds is 15. The van der Waals surface area contributed by atoms with Crippen LogP contribution in [0.25, 0.3) is 0 Å². The van der Waals surface area contributed by atoms with Gasteiger partial charge in [0.1, 0.15) is 0 Å². The molecule has 0 rings (SSSR count). The largest absolute Gasteiger partial charge is 0.481 e. The number of aliphatic carboxylic acids is 1. The molecule has 0 fully saturated rings. The van der Waals surface area contributed by atoms with E-state index < -0.39 is 11.9 Å². The third-order valence-electron chi connectivity index (χ3n) is 3.28. The van der Waals surface area contributed by atoms with Gasteiger partial charge in [-0.15, -0.1) is 0 Å². The maximum Gasteiger partial charge on any atom is 0.342 e. The molecule has 0 amide bonds. The first-order valence-corrected chi connectivity index (χ1v) is 8.21. The van der Waals surface area contributed by atoms with Crippen molar-refractivity contribution in [2.75, 3.05) is 6.61 Å². The molecule has 0 aromatic rings. The van der Waals surface area contributed by atoms with Crippen LogP contribution < -0.4 is 0 Å². The Hall–Kier alpha value is -1.10. The molecule has 0 saturated carbocycles. The van der Waals surface area contributed by atoms with Crippen molar-refractivity contribution >= 4 is 11.9 Å². The predicted molar refractivity (Wildman–Crippen MR) is 80.8 cm³/mol. The first-order valence-electron chi connectivity index (χ1n) is 8.21. The predicted octanol–water partition coefficient (Wildman–Crippen LogP) is 4.25. The molecule has 0 aliphatic heterocycles. The van der Waals surface area contributed by atoms with Gasteiger partial charge in [0.15, 0.2) is 0 Å². The summed E-state index contributed by atoms with van der Waals surface area (Å²) in [6, 6.07) is 0. The average molecular weight is 302 g/mol. The molecule has 0 saturated heterocycles. The maximum absolute atomic E-state index is 11.0. The molecule has 0 aliphatic rings. The summed E-state index contributed by atoms with van der Waals surface area (Å²) in [4.78, 5) is 30.5. The zero-order chi connectivity index (χ0) is 15.8. The Morgan fingerprint density at radius 1 is 0.810 bits per heavy atom. The van der Waals surface area contributed by atoms with Gasteiger partial charge in [-0.05, 0) is 6.42 Å². The van der Waals surface area contributed by atoms with Crippen molar-refractivity contribution in [1.29, 1.82) is 0 Å². The van der Waals surface area contributed by atoms with Gasteiger partial charge in [0.2, 0.25) is 0 Å². The molecule has 0 aliphatic carbocycles. The summed E-state index contributed by atoms with van der Waals surface area (Å²) < 4.78 is 0. The van der Waals surface area contributed by atoms with E-state index in [2.05, 4.69) is 11.8 Å². The van der Waals surface area contributed by atoms with E-state index in [0.717, 1.165) is 12.8 Å². The van der Waals surface area contributed by atoms with Gasteiger partial charge in [0, 0.05) is 0 Å². The molecular weight excluding hydrogens is 272 g/mol. The number of hydrogen-bond acceptors (Lipinski definition) is 4. The monoisotopic (exact) mass is 302 g/mol. The summed E-state index contributed by atoms with van der Waals surface area (Å²) in [6.45, 7) is 2.61. The molecule has 0 heterocycles. The highest BCUT2D eigenvalue weighted by Gasteiger charge is 2.07. The standard InChI is InChI=1S/C16H30O5/c1-2-3-4-5-6-7-8-9-10-11-14-20-21-16(19)13-12-15(17)18/h2-14H2,1H3,(H,17,18). The van der Waals surface area contributed by atoms with Crippen LogP contribution >= 0.6 is 0 Å². The fraction of sp³-hybridized carbons (Fsp3) is 0.875. The molecule has 0 radical (unpaired) electrons. The van der Waals surface area contributed by atoms with E-state index in [1.807, 2.05) is 0 Å². The summed E-state index contributed by atoms with van der Waals surface area (Å²) in [5.74, 6) is -1.63. The number of carboxylic acid groups (broad SMARTS) is 1. The van der Waals surface area contributed by atoms with Gasteiger partial charge in [0.05, 0.1) is 19.4 Å². The van der Waals surface area contributed by atoms with Crippen molar-refractivity contribution in [1.82, 2.24) is 0 Å². The minimum atomic E-state index is -1.01. The van der Waals surface area contributed by atoms with Crippen LogP contribution in [0.2, 0.25) is 0 Å². The lowest BCUT2D eigenvalue weighted by Crippen LogP contribution is -2.08. The van der Waals surface area contributed by atoms with E-state index >= 15 is 0 Å². The third-order valence-corrected chi connectivity index (χ3v) is 3.28. The Morgan fingerprint density at radius 3 is 1.86 bits per heavy atom. The molecule has 124 valence electrons. The van der Waals surface area contributed by atoms with Crippen molar-refractivity contribution in [3.05, 3.63) is 0 Å². The fourth-order valence-corrected chi connectivity index (χ4v) is 2.01. The zero-order valence-corrected chi connectivity index (χ0v) is 13.3. The highest BCUT2D eigenvalue weighted by molar-refractivity contribution is 5.76. The smallest absolute Gasteiger partial charge is 0.342 e. The van der Waals surface area contributed by atoms with Crippen molar-refractivity contribution in [2.24, 2.45) is 0 Å². The van der Waals surface area contributed by atoms with Crippen LogP contribution in [-0.2, 0) is 19.4 Å². The Bertz CT molecular complexity index is 265. The lowest BCUT2D eigenvalue weighted by Gasteiger charge is -2.03. The first kappa shape index (κ1) is 19.9. The van der Waals surface area contributed by atoms with E-state index in [0.29, 0.717) is 6.61 Å². The number of hydrogen-bond donors (Lipinski definition) is 1. The van der Waals surface area contributed by atoms with Crippen LogP contribution in [-0.4, -0.2) is 23.7 Å². The van der Waals surface area contributed by atoms with Crippen molar-refractivity contribution in [2.45, 2.75) is 84.0 Å². The quantitative estimate of drug-likeness (QED) is 0.278. The van der Waals surface area contributed by atoms with Gasteiger partial charge < -0.3 is 5.11 Å². The second-order valence-electron chi connectivity index (χ2n) is 5.35. The third kappa shape index (κ3) is 16.8. The van der Waals surface area contributed by atoms with Crippen molar-refractivity contribution in [3.8, 4) is 0 Å². The summed E-state index contributed by atoms with van der Waals surface area (Å²) in [5.41, 5.74) is 0. The van der Waals surface area contributed by atoms with Crippen LogP contribution in [0.1, 0.15) is 84.0 Å². The Labute approximate surface area is 127 Å². The van der Waals surface area contributed by atoms with Gasteiger partial charge in [-0.1, -0.05) is 64.7 Å². The lowest BCUT2D eigenvalue weighted by atomic mass is 10.1. The van der Waals surface area contributed by atoms with Gasteiger partial charge in [-0.2, -0.15) is 4.89 Å². The summed E-state index contributed by atoms with van der Waals surface area (Å²) in [6.07, 6.45) is 12.0. The molecule has 0 aromatic heterocycles. The number of carbonyl (C=O) groups excluding carboxylic acids is 1. The summed E-state index contributed by atoms with van der Waals surface area (Å²) >= 11 is 0. The van der Waals surface area contributed by atoms with E-state index in [9.17, 15) is 9.59 Å². The topological polar surface area (TPSA) is 72.8 Å². The van der Waals surface area contributed by atoms with E-state index in [1.165, 1.54) is 51.4 Å². The van der Waals surface area contributed by atoms with E-state index in [-0.39, 0.29) is 12.8 Å². The minimum absolute atomic E-state index is 0.145. The molecule has 0 aromatic carbocycles. The minimum Gasteiger partial charge on any atom is -0.481 e. The normalized spacial score (nSPS) is 10.5. The SMILES string of the molecule is CCCCCCCCCCCCOOC(=O)CCC(=O)O. The van der Waals surface area contributed by atoms with Gasteiger partial charge in [0.25, 0.3) is 0 Å². The molecule has 5 nitrogen and oxygen atoms in total. The zero-order valence-electron chi connectivity index (χ0n) is 13.3. The first-order chi connectivity index (χ1) is 10.2. The molecule has 0 unspecified atom stereocenters. The summed E-state index contributed by atoms with van der Waals surface area (Å²) in [7, 11) is 0. The Morgan fingerprint density at radius 2 is 1.33 bits per heavy atom. The second kappa shape index (κ2) is 15.3. The maximum atomic E-state index is 11.0. The highest BCUT2D eigenvalue weighted by atomic mass is 17.2. The molecule has 0 spiro atoms. The van der Waals surface area contributed by atoms with Crippen molar-refractivity contribution < 1.29 is 24.5 Å². The second-order valence-corrected chi connectivity index (χ2v) is 5.35. The number of carboxylic acids is 1. The van der Waals surface area contributed by atoms with Gasteiger partial charge in [-0.25, -0.2) is 4.79 Å². The molecule has 1 N–H and O–H groups in total. The fourth-order valence-electron chi connectivity index (χ4n) is 2.01. The van der Waals surface area contributed by atoms with Crippen LogP contribution in [0.15, 0.2) is 0 Å². The summed E-state index contributed by atoms with van der Waals surface area (Å²) in [5, 5.41) is 8.39. The Balaban J connectivity index is 3.12. The van der Waals surface area contributed by atoms with Gasteiger partial charge >= 0.3 is 11.9 Å². The van der Waals surface area contributed by atoms with Crippen LogP contribution in [0.3, 0.4) is 0 Å². The lowest BCUT2D eigenvalue weighted by molar-refractivity contribution is -0.272. The average Bonchev–Trinajstić information content (AvgIpc) is 2.46. The van der Waals surface area contributed by atoms with Crippen LogP contribution in [0, 0.1) is 0 Å². The van der Waals surface area contributed by atoms with E-state index in [1.54, 1.807) is 0 Å². The van der Waals surface area contributed by atoms with Gasteiger partial charge in [-0.3, -0.25) is 9.68 Å². The highest BCUT2D eigenvalue weighted by Crippen LogP contribution is 2.10. The van der Waals surface area contributed by atoms with Crippen molar-refractivity contribution in [3.63, 3.8) is 0 Å².